The fourth-order valence-corrected chi connectivity index (χ4v) is 4.78. The number of aryl methyl sites for hydroxylation is 1. The number of sulfonamides is 1. The van der Waals surface area contributed by atoms with Crippen molar-refractivity contribution in [3.8, 4) is 5.75 Å². The van der Waals surface area contributed by atoms with Crippen LogP contribution in [-0.2, 0) is 16.6 Å². The minimum absolute atomic E-state index is 0.0333. The van der Waals surface area contributed by atoms with Gasteiger partial charge in [-0.25, -0.2) is 18.1 Å². The van der Waals surface area contributed by atoms with Crippen LogP contribution < -0.4 is 9.46 Å². The first-order valence-corrected chi connectivity index (χ1v) is 9.92. The number of rotatable bonds is 5. The lowest BCUT2D eigenvalue weighted by molar-refractivity contribution is 0.399. The molecular formula is C16H15BrClN3O3S. The summed E-state index contributed by atoms with van der Waals surface area (Å²) in [6.45, 7) is 2.02. The van der Waals surface area contributed by atoms with Crippen molar-refractivity contribution >= 4 is 43.2 Å². The Balaban J connectivity index is 1.89. The summed E-state index contributed by atoms with van der Waals surface area (Å²) in [4.78, 5) is 4.38. The van der Waals surface area contributed by atoms with Gasteiger partial charge in [-0.15, -0.1) is 0 Å². The second kappa shape index (κ2) is 6.95. The van der Waals surface area contributed by atoms with E-state index in [0.29, 0.717) is 10.2 Å². The molecule has 0 aliphatic heterocycles. The van der Waals surface area contributed by atoms with E-state index in [1.54, 1.807) is 12.3 Å². The van der Waals surface area contributed by atoms with Gasteiger partial charge in [0.25, 0.3) is 0 Å². The van der Waals surface area contributed by atoms with Crippen molar-refractivity contribution in [1.82, 2.24) is 14.1 Å². The second-order valence-electron chi connectivity index (χ2n) is 5.45. The van der Waals surface area contributed by atoms with E-state index in [0.717, 1.165) is 11.2 Å². The van der Waals surface area contributed by atoms with Crippen LogP contribution in [0, 0.1) is 6.92 Å². The Labute approximate surface area is 159 Å². The quantitative estimate of drug-likeness (QED) is 0.653. The van der Waals surface area contributed by atoms with Gasteiger partial charge in [0.1, 0.15) is 10.5 Å². The van der Waals surface area contributed by atoms with Crippen LogP contribution in [0.1, 0.15) is 11.3 Å². The highest BCUT2D eigenvalue weighted by molar-refractivity contribution is 9.10. The second-order valence-corrected chi connectivity index (χ2v) is 8.47. The van der Waals surface area contributed by atoms with Crippen LogP contribution in [0.2, 0.25) is 5.02 Å². The van der Waals surface area contributed by atoms with E-state index in [1.165, 1.54) is 13.2 Å². The first kappa shape index (κ1) is 18.2. The molecule has 0 amide bonds. The number of aromatic nitrogens is 2. The van der Waals surface area contributed by atoms with Gasteiger partial charge in [0, 0.05) is 17.4 Å². The predicted octanol–water partition coefficient (Wildman–Crippen LogP) is 3.55. The smallest absolute Gasteiger partial charge is 0.244 e. The molecule has 0 atom stereocenters. The molecule has 2 aromatic heterocycles. The number of ether oxygens (including phenoxy) is 1. The highest BCUT2D eigenvalue weighted by atomic mass is 79.9. The molecule has 0 bridgehead atoms. The van der Waals surface area contributed by atoms with Gasteiger partial charge < -0.3 is 9.14 Å². The SMILES string of the molecule is COc1c(Br)cc(Cl)cc1S(=O)(=O)NCc1cn2ccc(C)cc2n1. The molecule has 0 unspecified atom stereocenters. The number of hydrogen-bond acceptors (Lipinski definition) is 4. The summed E-state index contributed by atoms with van der Waals surface area (Å²) in [6.07, 6.45) is 3.66. The molecular weight excluding hydrogens is 430 g/mol. The lowest BCUT2D eigenvalue weighted by atomic mass is 10.3. The molecule has 132 valence electrons. The number of pyridine rings is 1. The van der Waals surface area contributed by atoms with Gasteiger partial charge >= 0.3 is 0 Å². The molecule has 9 heteroatoms. The summed E-state index contributed by atoms with van der Waals surface area (Å²) in [6, 6.07) is 6.80. The largest absolute Gasteiger partial charge is 0.494 e. The lowest BCUT2D eigenvalue weighted by Gasteiger charge is -2.12. The predicted molar refractivity (Wildman–Crippen MR) is 99.7 cm³/mol. The van der Waals surface area contributed by atoms with Crippen molar-refractivity contribution in [2.24, 2.45) is 0 Å². The molecule has 0 saturated heterocycles. The number of imidazole rings is 1. The monoisotopic (exact) mass is 443 g/mol. The minimum Gasteiger partial charge on any atom is -0.494 e. The molecule has 25 heavy (non-hydrogen) atoms. The molecule has 1 aromatic carbocycles. The molecule has 6 nitrogen and oxygen atoms in total. The van der Waals surface area contributed by atoms with Gasteiger partial charge in [-0.05, 0) is 52.7 Å². The van der Waals surface area contributed by atoms with Gasteiger partial charge in [0.15, 0.2) is 5.75 Å². The normalized spacial score (nSPS) is 11.8. The van der Waals surface area contributed by atoms with Gasteiger partial charge in [-0.1, -0.05) is 11.6 Å². The maximum Gasteiger partial charge on any atom is 0.244 e. The molecule has 0 saturated carbocycles. The Morgan fingerprint density at radius 1 is 1.36 bits per heavy atom. The van der Waals surface area contributed by atoms with E-state index >= 15 is 0 Å². The third-order valence-corrected chi connectivity index (χ3v) is 5.79. The van der Waals surface area contributed by atoms with E-state index in [2.05, 4.69) is 25.6 Å². The van der Waals surface area contributed by atoms with Crippen LogP contribution in [0.5, 0.6) is 5.75 Å². The number of fused-ring (bicyclic) bond motifs is 1. The fourth-order valence-electron chi connectivity index (χ4n) is 2.40. The van der Waals surface area contributed by atoms with Gasteiger partial charge in [0.05, 0.1) is 23.8 Å². The number of hydrogen-bond donors (Lipinski definition) is 1. The maximum absolute atomic E-state index is 12.7. The zero-order valence-corrected chi connectivity index (χ0v) is 16.6. The third kappa shape index (κ3) is 3.82. The summed E-state index contributed by atoms with van der Waals surface area (Å²) in [5, 5.41) is 0.288. The van der Waals surface area contributed by atoms with E-state index in [-0.39, 0.29) is 22.2 Å². The van der Waals surface area contributed by atoms with Gasteiger partial charge in [-0.3, -0.25) is 0 Å². The number of nitrogens with zero attached hydrogens (tertiary/aromatic N) is 2. The van der Waals surface area contributed by atoms with Crippen LogP contribution in [0.4, 0.5) is 0 Å². The molecule has 1 N–H and O–H groups in total. The molecule has 2 heterocycles. The Kier molecular flexibility index (Phi) is 5.06. The average Bonchev–Trinajstić information content (AvgIpc) is 2.94. The van der Waals surface area contributed by atoms with Crippen LogP contribution in [-0.4, -0.2) is 24.9 Å². The molecule has 0 aliphatic carbocycles. The van der Waals surface area contributed by atoms with Crippen molar-refractivity contribution in [3.63, 3.8) is 0 Å². The molecule has 0 aliphatic rings. The minimum atomic E-state index is -3.83. The number of methoxy groups -OCH3 is 1. The van der Waals surface area contributed by atoms with E-state index in [4.69, 9.17) is 16.3 Å². The zero-order chi connectivity index (χ0) is 18.2. The number of benzene rings is 1. The van der Waals surface area contributed by atoms with Crippen LogP contribution >= 0.6 is 27.5 Å². The van der Waals surface area contributed by atoms with E-state index in [9.17, 15) is 8.42 Å². The first-order valence-electron chi connectivity index (χ1n) is 7.27. The van der Waals surface area contributed by atoms with Crippen molar-refractivity contribution in [3.05, 3.63) is 57.4 Å². The van der Waals surface area contributed by atoms with E-state index in [1.807, 2.05) is 29.7 Å². The summed E-state index contributed by atoms with van der Waals surface area (Å²) >= 11 is 9.24. The summed E-state index contributed by atoms with van der Waals surface area (Å²) in [5.41, 5.74) is 2.45. The lowest BCUT2D eigenvalue weighted by Crippen LogP contribution is -2.24. The zero-order valence-electron chi connectivity index (χ0n) is 13.5. The molecule has 3 rings (SSSR count). The standard InChI is InChI=1S/C16H15BrClN3O3S/c1-10-3-4-21-9-12(20-15(21)5-10)8-19-25(22,23)14-7-11(18)6-13(17)16(14)24-2/h3-7,9,19H,8H2,1-2H3. The summed E-state index contributed by atoms with van der Waals surface area (Å²) in [5.74, 6) is 0.197. The van der Waals surface area contributed by atoms with E-state index < -0.39 is 10.0 Å². The van der Waals surface area contributed by atoms with Crippen molar-refractivity contribution < 1.29 is 13.2 Å². The van der Waals surface area contributed by atoms with Crippen LogP contribution in [0.3, 0.4) is 0 Å². The topological polar surface area (TPSA) is 72.7 Å². The Hall–Kier alpha value is -1.61. The Bertz CT molecular complexity index is 1050. The third-order valence-electron chi connectivity index (χ3n) is 3.58. The van der Waals surface area contributed by atoms with Crippen LogP contribution in [0.25, 0.3) is 5.65 Å². The van der Waals surface area contributed by atoms with Crippen molar-refractivity contribution in [2.75, 3.05) is 7.11 Å². The number of halogens is 2. The average molecular weight is 445 g/mol. The Morgan fingerprint density at radius 3 is 2.84 bits per heavy atom. The Morgan fingerprint density at radius 2 is 2.12 bits per heavy atom. The molecule has 0 fully saturated rings. The van der Waals surface area contributed by atoms with Gasteiger partial charge in [0.2, 0.25) is 10.0 Å². The highest BCUT2D eigenvalue weighted by Gasteiger charge is 2.22. The maximum atomic E-state index is 12.7. The first-order chi connectivity index (χ1) is 11.8. The molecule has 3 aromatic rings. The molecule has 0 radical (unpaired) electrons. The van der Waals surface area contributed by atoms with Crippen molar-refractivity contribution in [1.29, 1.82) is 0 Å². The fraction of sp³-hybridized carbons (Fsp3) is 0.188. The highest BCUT2D eigenvalue weighted by Crippen LogP contribution is 2.35. The number of nitrogens with one attached hydrogen (secondary N) is 1. The van der Waals surface area contributed by atoms with Crippen molar-refractivity contribution in [2.45, 2.75) is 18.4 Å². The molecule has 0 spiro atoms. The van der Waals surface area contributed by atoms with Crippen LogP contribution in [0.15, 0.2) is 46.0 Å². The summed E-state index contributed by atoms with van der Waals surface area (Å²) < 4.78 is 35.3. The summed E-state index contributed by atoms with van der Waals surface area (Å²) in [7, 11) is -2.43. The van der Waals surface area contributed by atoms with Gasteiger partial charge in [-0.2, -0.15) is 0 Å².